The van der Waals surface area contributed by atoms with Crippen LogP contribution in [0, 0.1) is 6.92 Å². The molecule has 2 rings (SSSR count). The number of hydrogen-bond acceptors (Lipinski definition) is 4. The smallest absolute Gasteiger partial charge is 0.250 e. The highest BCUT2D eigenvalue weighted by molar-refractivity contribution is 9.10. The molecular weight excluding hydrogens is 298 g/mol. The minimum Gasteiger partial charge on any atom is -0.365 e. The van der Waals surface area contributed by atoms with E-state index in [0.29, 0.717) is 13.2 Å². The van der Waals surface area contributed by atoms with Crippen molar-refractivity contribution in [1.82, 2.24) is 10.3 Å². The van der Waals surface area contributed by atoms with Crippen LogP contribution < -0.4 is 10.2 Å². The van der Waals surface area contributed by atoms with Gasteiger partial charge in [0.25, 0.3) is 5.91 Å². The minimum absolute atomic E-state index is 0.0893. The summed E-state index contributed by atoms with van der Waals surface area (Å²) in [6.45, 7) is 3.77. The SMILES string of the molecule is CNC(=O)C1CN(c2ccc(Br)c(C)n2)CCO1. The number of nitrogens with one attached hydrogen (secondary N) is 1. The lowest BCUT2D eigenvalue weighted by atomic mass is 10.2. The molecule has 5 nitrogen and oxygen atoms in total. The van der Waals surface area contributed by atoms with E-state index >= 15 is 0 Å². The van der Waals surface area contributed by atoms with E-state index in [9.17, 15) is 4.79 Å². The number of carbonyl (C=O) groups is 1. The van der Waals surface area contributed by atoms with Gasteiger partial charge < -0.3 is 15.0 Å². The molecule has 1 amide bonds. The number of pyridine rings is 1. The average Bonchev–Trinajstić information content (AvgIpc) is 2.41. The monoisotopic (exact) mass is 313 g/mol. The van der Waals surface area contributed by atoms with Gasteiger partial charge in [-0.15, -0.1) is 0 Å². The third-order valence-corrected chi connectivity index (χ3v) is 3.77. The van der Waals surface area contributed by atoms with Crippen LogP contribution in [0.4, 0.5) is 5.82 Å². The van der Waals surface area contributed by atoms with Crippen molar-refractivity contribution in [3.63, 3.8) is 0 Å². The van der Waals surface area contributed by atoms with Crippen molar-refractivity contribution in [2.45, 2.75) is 13.0 Å². The number of anilines is 1. The lowest BCUT2D eigenvalue weighted by molar-refractivity contribution is -0.132. The molecule has 0 saturated carbocycles. The van der Waals surface area contributed by atoms with Crippen molar-refractivity contribution in [2.75, 3.05) is 31.6 Å². The number of ether oxygens (including phenoxy) is 1. The van der Waals surface area contributed by atoms with Gasteiger partial charge in [0.1, 0.15) is 5.82 Å². The highest BCUT2D eigenvalue weighted by Crippen LogP contribution is 2.20. The number of carbonyl (C=O) groups excluding carboxylic acids is 1. The fourth-order valence-electron chi connectivity index (χ4n) is 1.88. The van der Waals surface area contributed by atoms with E-state index in [-0.39, 0.29) is 5.91 Å². The Hall–Kier alpha value is -1.14. The third kappa shape index (κ3) is 2.81. The summed E-state index contributed by atoms with van der Waals surface area (Å²) in [6, 6.07) is 3.92. The molecule has 6 heteroatoms. The molecule has 1 atom stereocenters. The number of aryl methyl sites for hydroxylation is 1. The Bertz CT molecular complexity index is 453. The van der Waals surface area contributed by atoms with Gasteiger partial charge in [0.05, 0.1) is 18.8 Å². The van der Waals surface area contributed by atoms with Gasteiger partial charge in [0.2, 0.25) is 0 Å². The fraction of sp³-hybridized carbons (Fsp3) is 0.500. The molecule has 0 radical (unpaired) electrons. The summed E-state index contributed by atoms with van der Waals surface area (Å²) in [4.78, 5) is 18.2. The number of morpholine rings is 1. The van der Waals surface area contributed by atoms with E-state index in [1.54, 1.807) is 7.05 Å². The van der Waals surface area contributed by atoms with Crippen molar-refractivity contribution < 1.29 is 9.53 Å². The quantitative estimate of drug-likeness (QED) is 0.888. The van der Waals surface area contributed by atoms with Crippen molar-refractivity contribution >= 4 is 27.7 Å². The van der Waals surface area contributed by atoms with Crippen LogP contribution in [0.5, 0.6) is 0 Å². The van der Waals surface area contributed by atoms with Gasteiger partial charge in [-0.1, -0.05) is 0 Å². The standard InChI is InChI=1S/C12H16BrN3O2/c1-8-9(13)3-4-11(15-8)16-5-6-18-10(7-16)12(17)14-2/h3-4,10H,5-7H2,1-2H3,(H,14,17). The second-order valence-corrected chi connectivity index (χ2v) is 5.01. The van der Waals surface area contributed by atoms with Crippen molar-refractivity contribution in [1.29, 1.82) is 0 Å². The Labute approximate surface area is 115 Å². The molecule has 0 bridgehead atoms. The van der Waals surface area contributed by atoms with Crippen LogP contribution in [0.2, 0.25) is 0 Å². The summed E-state index contributed by atoms with van der Waals surface area (Å²) >= 11 is 3.43. The predicted octanol–water partition coefficient (Wildman–Crippen LogP) is 1.10. The zero-order valence-electron chi connectivity index (χ0n) is 10.4. The summed E-state index contributed by atoms with van der Waals surface area (Å²) < 4.78 is 6.43. The Kier molecular flexibility index (Phi) is 4.19. The maximum Gasteiger partial charge on any atom is 0.250 e. The van der Waals surface area contributed by atoms with Gasteiger partial charge in [0.15, 0.2) is 6.10 Å². The van der Waals surface area contributed by atoms with Gasteiger partial charge in [-0.2, -0.15) is 0 Å². The number of rotatable bonds is 2. The zero-order chi connectivity index (χ0) is 13.1. The molecule has 1 aromatic rings. The summed E-state index contributed by atoms with van der Waals surface area (Å²) in [5.41, 5.74) is 0.940. The zero-order valence-corrected chi connectivity index (χ0v) is 12.0. The molecule has 1 N–H and O–H groups in total. The molecule has 1 saturated heterocycles. The predicted molar refractivity (Wildman–Crippen MR) is 72.7 cm³/mol. The number of aromatic nitrogens is 1. The summed E-state index contributed by atoms with van der Waals surface area (Å²) in [7, 11) is 1.62. The normalized spacial score (nSPS) is 19.7. The summed E-state index contributed by atoms with van der Waals surface area (Å²) in [6.07, 6.45) is -0.422. The van der Waals surface area contributed by atoms with E-state index in [0.717, 1.165) is 22.5 Å². The summed E-state index contributed by atoms with van der Waals surface area (Å²) in [5.74, 6) is 0.793. The van der Waals surface area contributed by atoms with E-state index in [2.05, 4.69) is 31.1 Å². The maximum atomic E-state index is 11.6. The molecule has 98 valence electrons. The first-order chi connectivity index (χ1) is 8.61. The van der Waals surface area contributed by atoms with Crippen LogP contribution >= 0.6 is 15.9 Å². The van der Waals surface area contributed by atoms with Gasteiger partial charge in [-0.25, -0.2) is 4.98 Å². The topological polar surface area (TPSA) is 54.5 Å². The molecule has 1 fully saturated rings. The number of nitrogens with zero attached hydrogens (tertiary/aromatic N) is 2. The molecule has 2 heterocycles. The fourth-order valence-corrected chi connectivity index (χ4v) is 2.10. The number of amides is 1. The van der Waals surface area contributed by atoms with E-state index in [4.69, 9.17) is 4.74 Å². The first-order valence-corrected chi connectivity index (χ1v) is 6.62. The average molecular weight is 314 g/mol. The maximum absolute atomic E-state index is 11.6. The van der Waals surface area contributed by atoms with Crippen LogP contribution in [0.1, 0.15) is 5.69 Å². The number of likely N-dealkylation sites (N-methyl/N-ethyl adjacent to an activating group) is 1. The van der Waals surface area contributed by atoms with Crippen LogP contribution in [0.3, 0.4) is 0 Å². The molecular formula is C12H16BrN3O2. The molecule has 0 aliphatic carbocycles. The molecule has 18 heavy (non-hydrogen) atoms. The molecule has 0 spiro atoms. The lowest BCUT2D eigenvalue weighted by Crippen LogP contribution is -2.49. The highest BCUT2D eigenvalue weighted by Gasteiger charge is 2.26. The summed E-state index contributed by atoms with van der Waals surface area (Å²) in [5, 5.41) is 2.61. The Morgan fingerprint density at radius 1 is 1.61 bits per heavy atom. The Morgan fingerprint density at radius 3 is 3.06 bits per heavy atom. The molecule has 1 aromatic heterocycles. The van der Waals surface area contributed by atoms with Crippen molar-refractivity contribution in [3.05, 3.63) is 22.3 Å². The van der Waals surface area contributed by atoms with Gasteiger partial charge in [-0.3, -0.25) is 4.79 Å². The van der Waals surface area contributed by atoms with Crippen molar-refractivity contribution in [3.8, 4) is 0 Å². The van der Waals surface area contributed by atoms with Gasteiger partial charge >= 0.3 is 0 Å². The lowest BCUT2D eigenvalue weighted by Gasteiger charge is -2.32. The second kappa shape index (κ2) is 5.67. The minimum atomic E-state index is -0.422. The molecule has 0 aromatic carbocycles. The molecule has 1 aliphatic heterocycles. The van der Waals surface area contributed by atoms with Gasteiger partial charge in [-0.05, 0) is 35.0 Å². The van der Waals surface area contributed by atoms with Crippen LogP contribution in [0.25, 0.3) is 0 Å². The van der Waals surface area contributed by atoms with Crippen LogP contribution in [-0.2, 0) is 9.53 Å². The van der Waals surface area contributed by atoms with E-state index < -0.39 is 6.10 Å². The number of hydrogen-bond donors (Lipinski definition) is 1. The van der Waals surface area contributed by atoms with Gasteiger partial charge in [0, 0.05) is 18.1 Å². The first-order valence-electron chi connectivity index (χ1n) is 5.83. The number of halogens is 1. The van der Waals surface area contributed by atoms with Crippen LogP contribution in [-0.4, -0.2) is 43.7 Å². The molecule has 1 aliphatic rings. The third-order valence-electron chi connectivity index (χ3n) is 2.94. The van der Waals surface area contributed by atoms with E-state index in [1.807, 2.05) is 19.1 Å². The Morgan fingerprint density at radius 2 is 2.39 bits per heavy atom. The van der Waals surface area contributed by atoms with Crippen molar-refractivity contribution in [2.24, 2.45) is 0 Å². The Balaban J connectivity index is 2.13. The largest absolute Gasteiger partial charge is 0.365 e. The first kappa shape index (κ1) is 13.3. The van der Waals surface area contributed by atoms with Crippen LogP contribution in [0.15, 0.2) is 16.6 Å². The molecule has 1 unspecified atom stereocenters. The highest BCUT2D eigenvalue weighted by atomic mass is 79.9. The van der Waals surface area contributed by atoms with E-state index in [1.165, 1.54) is 0 Å². The second-order valence-electron chi connectivity index (χ2n) is 4.16.